The molecule has 6 heteroatoms. The fourth-order valence-electron chi connectivity index (χ4n) is 3.77. The fraction of sp³-hybridized carbons (Fsp3) is 0.379. The Bertz CT molecular complexity index is 988. The van der Waals surface area contributed by atoms with Crippen molar-refractivity contribution in [3.63, 3.8) is 0 Å². The van der Waals surface area contributed by atoms with Gasteiger partial charge in [0.15, 0.2) is 6.29 Å². The number of hydrogen-bond donors (Lipinski definition) is 0. The van der Waals surface area contributed by atoms with E-state index in [-0.39, 0.29) is 26.4 Å². The molecule has 0 aliphatic carbocycles. The molecule has 0 bridgehead atoms. The molecule has 1 heterocycles. The summed E-state index contributed by atoms with van der Waals surface area (Å²) >= 11 is 0. The van der Waals surface area contributed by atoms with E-state index >= 15 is 0 Å². The molecule has 0 amide bonds. The van der Waals surface area contributed by atoms with Crippen molar-refractivity contribution in [2.45, 2.75) is 43.9 Å². The Morgan fingerprint density at radius 3 is 1.71 bits per heavy atom. The van der Waals surface area contributed by atoms with Crippen LogP contribution in [-0.2, 0) is 41.6 Å². The summed E-state index contributed by atoms with van der Waals surface area (Å²) in [5.41, 5.74) is 2.02. The van der Waals surface area contributed by atoms with E-state index < -0.39 is 30.7 Å². The molecule has 35 heavy (non-hydrogen) atoms. The Labute approximate surface area is 207 Å². The standard InChI is InChI=1S/C29H30O6/c1-4-17-31-26-25(22-30-20-23-13-9-7-10-14-23)35-29(34-21-24-15-11-8-12-16-24)28(33-19-6-3)27(26)32-18-5-2/h1-3,7-16,25-29H,17-22H2/t25-,26-,27+,28+,29+/m1/s1. The molecule has 182 valence electrons. The second kappa shape index (κ2) is 15.0. The topological polar surface area (TPSA) is 55.4 Å². The van der Waals surface area contributed by atoms with Gasteiger partial charge in [-0.05, 0) is 11.1 Å². The van der Waals surface area contributed by atoms with Crippen molar-refractivity contribution in [1.29, 1.82) is 0 Å². The third-order valence-corrected chi connectivity index (χ3v) is 5.32. The molecule has 3 rings (SSSR count). The van der Waals surface area contributed by atoms with Crippen LogP contribution in [0.3, 0.4) is 0 Å². The Morgan fingerprint density at radius 1 is 0.629 bits per heavy atom. The average Bonchev–Trinajstić information content (AvgIpc) is 2.90. The second-order valence-electron chi connectivity index (χ2n) is 7.78. The van der Waals surface area contributed by atoms with Gasteiger partial charge >= 0.3 is 0 Å². The third kappa shape index (κ3) is 8.25. The van der Waals surface area contributed by atoms with E-state index in [9.17, 15) is 0 Å². The lowest BCUT2D eigenvalue weighted by molar-refractivity contribution is -0.322. The first-order valence-electron chi connectivity index (χ1n) is 11.3. The van der Waals surface area contributed by atoms with E-state index in [4.69, 9.17) is 47.7 Å². The minimum atomic E-state index is -0.803. The molecular formula is C29H30O6. The summed E-state index contributed by atoms with van der Waals surface area (Å²) in [6.07, 6.45) is 13.1. The number of ether oxygens (including phenoxy) is 6. The van der Waals surface area contributed by atoms with Crippen LogP contribution in [0.25, 0.3) is 0 Å². The molecule has 0 spiro atoms. The van der Waals surface area contributed by atoms with Crippen LogP contribution in [0.2, 0.25) is 0 Å². The van der Waals surface area contributed by atoms with E-state index in [1.807, 2.05) is 60.7 Å². The van der Waals surface area contributed by atoms with E-state index in [1.165, 1.54) is 0 Å². The molecule has 0 radical (unpaired) electrons. The Morgan fingerprint density at radius 2 is 1.14 bits per heavy atom. The van der Waals surface area contributed by atoms with Crippen LogP contribution in [0, 0.1) is 37.0 Å². The van der Waals surface area contributed by atoms with Gasteiger partial charge in [-0.1, -0.05) is 78.4 Å². The lowest BCUT2D eigenvalue weighted by Gasteiger charge is -2.45. The molecule has 1 fully saturated rings. The van der Waals surface area contributed by atoms with Gasteiger partial charge in [-0.2, -0.15) is 0 Å². The second-order valence-corrected chi connectivity index (χ2v) is 7.78. The maximum Gasteiger partial charge on any atom is 0.187 e. The number of hydrogen-bond acceptors (Lipinski definition) is 6. The third-order valence-electron chi connectivity index (χ3n) is 5.32. The van der Waals surface area contributed by atoms with Crippen LogP contribution in [0.4, 0.5) is 0 Å². The van der Waals surface area contributed by atoms with Crippen molar-refractivity contribution in [3.8, 4) is 37.0 Å². The molecule has 1 aliphatic rings. The first kappa shape index (κ1) is 26.5. The predicted octanol–water partition coefficient (Wildman–Crippen LogP) is 3.20. The first-order valence-corrected chi connectivity index (χ1v) is 11.3. The lowest BCUT2D eigenvalue weighted by Crippen LogP contribution is -2.62. The molecule has 5 atom stereocenters. The molecule has 6 nitrogen and oxygen atoms in total. The Hall–Kier alpha value is -3.12. The zero-order valence-corrected chi connectivity index (χ0v) is 19.6. The monoisotopic (exact) mass is 474 g/mol. The summed E-state index contributed by atoms with van der Waals surface area (Å²) in [6, 6.07) is 19.6. The molecule has 2 aromatic rings. The van der Waals surface area contributed by atoms with Gasteiger partial charge in [-0.3, -0.25) is 0 Å². The van der Waals surface area contributed by atoms with Crippen molar-refractivity contribution in [2.75, 3.05) is 26.4 Å². The highest BCUT2D eigenvalue weighted by Gasteiger charge is 2.49. The van der Waals surface area contributed by atoms with Gasteiger partial charge in [0.1, 0.15) is 44.2 Å². The molecule has 2 aromatic carbocycles. The number of rotatable bonds is 13. The van der Waals surface area contributed by atoms with Crippen LogP contribution >= 0.6 is 0 Å². The molecule has 0 aromatic heterocycles. The maximum absolute atomic E-state index is 6.31. The highest BCUT2D eigenvalue weighted by molar-refractivity contribution is 5.14. The van der Waals surface area contributed by atoms with Crippen LogP contribution < -0.4 is 0 Å². The normalized spacial score (nSPS) is 23.6. The molecule has 1 aliphatic heterocycles. The molecule has 0 unspecified atom stereocenters. The average molecular weight is 475 g/mol. The zero-order valence-electron chi connectivity index (χ0n) is 19.6. The van der Waals surface area contributed by atoms with Gasteiger partial charge in [0, 0.05) is 0 Å². The SMILES string of the molecule is C#CCO[C@@H]1[C@H](OCC#C)[C@@H](OCc2ccccc2)O[C@H](COCc2ccccc2)[C@H]1OCC#C. The fourth-order valence-corrected chi connectivity index (χ4v) is 3.77. The highest BCUT2D eigenvalue weighted by atomic mass is 16.7. The van der Waals surface area contributed by atoms with Crippen molar-refractivity contribution < 1.29 is 28.4 Å². The summed E-state index contributed by atoms with van der Waals surface area (Å²) < 4.78 is 36.3. The van der Waals surface area contributed by atoms with Crippen LogP contribution in [-0.4, -0.2) is 57.1 Å². The Kier molecular flexibility index (Phi) is 11.3. The molecule has 0 N–H and O–H groups in total. The van der Waals surface area contributed by atoms with E-state index in [1.54, 1.807) is 0 Å². The van der Waals surface area contributed by atoms with E-state index in [2.05, 4.69) is 17.8 Å². The maximum atomic E-state index is 6.31. The van der Waals surface area contributed by atoms with Crippen LogP contribution in [0.1, 0.15) is 11.1 Å². The van der Waals surface area contributed by atoms with Crippen LogP contribution in [0.15, 0.2) is 60.7 Å². The summed E-state index contributed by atoms with van der Waals surface area (Å²) in [7, 11) is 0. The summed E-state index contributed by atoms with van der Waals surface area (Å²) in [6.45, 7) is 1.05. The first-order chi connectivity index (χ1) is 17.3. The number of benzene rings is 2. The summed E-state index contributed by atoms with van der Waals surface area (Å²) in [5, 5.41) is 0. The van der Waals surface area contributed by atoms with Gasteiger partial charge in [0.05, 0.1) is 19.8 Å². The van der Waals surface area contributed by atoms with Crippen LogP contribution in [0.5, 0.6) is 0 Å². The molecule has 0 saturated carbocycles. The predicted molar refractivity (Wildman–Crippen MR) is 132 cm³/mol. The van der Waals surface area contributed by atoms with E-state index in [0.29, 0.717) is 13.2 Å². The quantitative estimate of drug-likeness (QED) is 0.416. The Balaban J connectivity index is 1.80. The smallest absolute Gasteiger partial charge is 0.187 e. The molecular weight excluding hydrogens is 444 g/mol. The minimum Gasteiger partial charge on any atom is -0.374 e. The van der Waals surface area contributed by atoms with E-state index in [0.717, 1.165) is 11.1 Å². The van der Waals surface area contributed by atoms with Gasteiger partial charge in [-0.25, -0.2) is 0 Å². The van der Waals surface area contributed by atoms with Gasteiger partial charge < -0.3 is 28.4 Å². The lowest BCUT2D eigenvalue weighted by atomic mass is 9.98. The van der Waals surface area contributed by atoms with Crippen molar-refractivity contribution >= 4 is 0 Å². The van der Waals surface area contributed by atoms with Crippen molar-refractivity contribution in [1.82, 2.24) is 0 Å². The molecule has 1 saturated heterocycles. The minimum absolute atomic E-state index is 0.0339. The van der Waals surface area contributed by atoms with Gasteiger partial charge in [0.25, 0.3) is 0 Å². The van der Waals surface area contributed by atoms with Gasteiger partial charge in [-0.15, -0.1) is 19.3 Å². The van der Waals surface area contributed by atoms with Crippen molar-refractivity contribution in [3.05, 3.63) is 71.8 Å². The van der Waals surface area contributed by atoms with Crippen molar-refractivity contribution in [2.24, 2.45) is 0 Å². The highest BCUT2D eigenvalue weighted by Crippen LogP contribution is 2.30. The summed E-state index contributed by atoms with van der Waals surface area (Å²) in [5.74, 6) is 7.47. The van der Waals surface area contributed by atoms with Gasteiger partial charge in [0.2, 0.25) is 0 Å². The number of terminal acetylenes is 3. The largest absolute Gasteiger partial charge is 0.374 e. The summed E-state index contributed by atoms with van der Waals surface area (Å²) in [4.78, 5) is 0. The zero-order chi connectivity index (χ0) is 24.7.